The van der Waals surface area contributed by atoms with E-state index >= 15 is 0 Å². The minimum absolute atomic E-state index is 0.380. The van der Waals surface area contributed by atoms with Crippen molar-refractivity contribution in [2.75, 3.05) is 30.4 Å². The number of carbonyl (C=O) groups is 1. The molecule has 2 aliphatic rings. The Labute approximate surface area is 184 Å². The van der Waals surface area contributed by atoms with Gasteiger partial charge in [0.25, 0.3) is 0 Å². The molecule has 0 bridgehead atoms. The van der Waals surface area contributed by atoms with Crippen LogP contribution in [0.2, 0.25) is 0 Å². The number of hydrogen-bond donors (Lipinski definition) is 1. The van der Waals surface area contributed by atoms with E-state index in [1.54, 1.807) is 29.0 Å². The third-order valence-corrected chi connectivity index (χ3v) is 6.24. The number of hydrogen-bond acceptors (Lipinski definition) is 7. The molecule has 1 saturated carbocycles. The summed E-state index contributed by atoms with van der Waals surface area (Å²) in [7, 11) is 1.37. The SMILES string of the molecule is COC(=O)c1cccc(-c2cc(Nc3cccc(N4CC5CC5C4)n3)c3nccn3n2)c1. The molecule has 1 aliphatic carbocycles. The highest BCUT2D eigenvalue weighted by atomic mass is 16.5. The minimum atomic E-state index is -0.380. The van der Waals surface area contributed by atoms with Gasteiger partial charge in [-0.05, 0) is 48.6 Å². The normalized spacial score (nSPS) is 19.1. The summed E-state index contributed by atoms with van der Waals surface area (Å²) in [5.41, 5.74) is 3.49. The first kappa shape index (κ1) is 18.8. The maximum atomic E-state index is 12.0. The lowest BCUT2D eigenvalue weighted by atomic mass is 10.1. The molecule has 160 valence electrons. The Kier molecular flexibility index (Phi) is 4.31. The lowest BCUT2D eigenvalue weighted by Crippen LogP contribution is -2.22. The molecule has 2 atom stereocenters. The van der Waals surface area contributed by atoms with Crippen LogP contribution in [-0.4, -0.2) is 45.8 Å². The van der Waals surface area contributed by atoms with E-state index in [0.717, 1.165) is 47.8 Å². The van der Waals surface area contributed by atoms with Gasteiger partial charge in [-0.2, -0.15) is 5.10 Å². The Bertz CT molecular complexity index is 1320. The van der Waals surface area contributed by atoms with Crippen molar-refractivity contribution >= 4 is 28.9 Å². The molecule has 1 N–H and O–H groups in total. The lowest BCUT2D eigenvalue weighted by Gasteiger charge is -2.19. The number of aromatic nitrogens is 4. The van der Waals surface area contributed by atoms with E-state index < -0.39 is 0 Å². The summed E-state index contributed by atoms with van der Waals surface area (Å²) >= 11 is 0. The fourth-order valence-corrected chi connectivity index (χ4v) is 4.47. The van der Waals surface area contributed by atoms with Gasteiger partial charge in [-0.3, -0.25) is 0 Å². The second-order valence-electron chi connectivity index (χ2n) is 8.38. The number of fused-ring (bicyclic) bond motifs is 2. The smallest absolute Gasteiger partial charge is 0.337 e. The second kappa shape index (κ2) is 7.33. The number of nitrogens with zero attached hydrogens (tertiary/aromatic N) is 5. The zero-order valence-electron chi connectivity index (χ0n) is 17.6. The van der Waals surface area contributed by atoms with Crippen LogP contribution in [0.3, 0.4) is 0 Å². The second-order valence-corrected chi connectivity index (χ2v) is 8.38. The molecular formula is C24H22N6O2. The Morgan fingerprint density at radius 3 is 2.81 bits per heavy atom. The Morgan fingerprint density at radius 1 is 1.12 bits per heavy atom. The van der Waals surface area contributed by atoms with Crippen molar-refractivity contribution in [2.45, 2.75) is 6.42 Å². The lowest BCUT2D eigenvalue weighted by molar-refractivity contribution is 0.0601. The summed E-state index contributed by atoms with van der Waals surface area (Å²) < 4.78 is 6.57. The predicted molar refractivity (Wildman–Crippen MR) is 121 cm³/mol. The van der Waals surface area contributed by atoms with Crippen LogP contribution < -0.4 is 10.2 Å². The fraction of sp³-hybridized carbons (Fsp3) is 0.250. The molecule has 2 fully saturated rings. The van der Waals surface area contributed by atoms with Gasteiger partial charge in [-0.25, -0.2) is 19.3 Å². The molecule has 1 aromatic carbocycles. The molecular weight excluding hydrogens is 404 g/mol. The molecule has 0 radical (unpaired) electrons. The summed E-state index contributed by atoms with van der Waals surface area (Å²) in [5, 5.41) is 8.09. The highest BCUT2D eigenvalue weighted by Crippen LogP contribution is 2.46. The van der Waals surface area contributed by atoms with Gasteiger partial charge in [-0.1, -0.05) is 18.2 Å². The molecule has 4 aromatic rings. The molecule has 2 unspecified atom stereocenters. The minimum Gasteiger partial charge on any atom is -0.465 e. The van der Waals surface area contributed by atoms with Crippen LogP contribution in [0.5, 0.6) is 0 Å². The highest BCUT2D eigenvalue weighted by molar-refractivity contribution is 5.91. The van der Waals surface area contributed by atoms with Gasteiger partial charge in [0.15, 0.2) is 5.65 Å². The first-order valence-corrected chi connectivity index (χ1v) is 10.7. The van der Waals surface area contributed by atoms with Crippen molar-refractivity contribution in [3.05, 3.63) is 66.5 Å². The van der Waals surface area contributed by atoms with Crippen molar-refractivity contribution in [1.82, 2.24) is 19.6 Å². The number of anilines is 3. The molecule has 6 rings (SSSR count). The van der Waals surface area contributed by atoms with Crippen molar-refractivity contribution < 1.29 is 9.53 Å². The van der Waals surface area contributed by atoms with E-state index in [2.05, 4.69) is 26.4 Å². The summed E-state index contributed by atoms with van der Waals surface area (Å²) in [6.07, 6.45) is 4.88. The number of carbonyl (C=O) groups excluding carboxylic acids is 1. The first-order valence-electron chi connectivity index (χ1n) is 10.7. The number of nitrogens with one attached hydrogen (secondary N) is 1. The van der Waals surface area contributed by atoms with Gasteiger partial charge in [-0.15, -0.1) is 0 Å². The predicted octanol–water partition coefficient (Wildman–Crippen LogP) is 3.78. The van der Waals surface area contributed by atoms with E-state index in [0.29, 0.717) is 16.9 Å². The van der Waals surface area contributed by atoms with Crippen LogP contribution in [-0.2, 0) is 4.74 Å². The largest absolute Gasteiger partial charge is 0.465 e. The van der Waals surface area contributed by atoms with Crippen molar-refractivity contribution in [3.63, 3.8) is 0 Å². The molecule has 4 heterocycles. The van der Waals surface area contributed by atoms with Gasteiger partial charge in [0.1, 0.15) is 11.6 Å². The summed E-state index contributed by atoms with van der Waals surface area (Å²) in [4.78, 5) is 23.6. The first-order chi connectivity index (χ1) is 15.7. The van der Waals surface area contributed by atoms with E-state index in [9.17, 15) is 4.79 Å². The van der Waals surface area contributed by atoms with E-state index in [1.807, 2.05) is 30.3 Å². The quantitative estimate of drug-likeness (QED) is 0.486. The van der Waals surface area contributed by atoms with Crippen molar-refractivity contribution in [1.29, 1.82) is 0 Å². The average molecular weight is 426 g/mol. The summed E-state index contributed by atoms with van der Waals surface area (Å²) in [6.45, 7) is 2.20. The van der Waals surface area contributed by atoms with E-state index in [1.165, 1.54) is 13.5 Å². The maximum absolute atomic E-state index is 12.0. The zero-order valence-corrected chi connectivity index (χ0v) is 17.6. The molecule has 0 spiro atoms. The molecule has 8 heteroatoms. The monoisotopic (exact) mass is 426 g/mol. The molecule has 8 nitrogen and oxygen atoms in total. The molecule has 3 aromatic heterocycles. The Hall–Kier alpha value is -3.94. The van der Waals surface area contributed by atoms with Crippen molar-refractivity contribution in [2.24, 2.45) is 11.8 Å². The fourth-order valence-electron chi connectivity index (χ4n) is 4.47. The van der Waals surface area contributed by atoms with E-state index in [-0.39, 0.29) is 5.97 Å². The molecule has 32 heavy (non-hydrogen) atoms. The van der Waals surface area contributed by atoms with Gasteiger partial charge in [0.2, 0.25) is 0 Å². The van der Waals surface area contributed by atoms with Crippen LogP contribution in [0.4, 0.5) is 17.3 Å². The Balaban J connectivity index is 1.35. The van der Waals surface area contributed by atoms with Crippen LogP contribution >= 0.6 is 0 Å². The van der Waals surface area contributed by atoms with Gasteiger partial charge >= 0.3 is 5.97 Å². The van der Waals surface area contributed by atoms with E-state index in [4.69, 9.17) is 9.72 Å². The Morgan fingerprint density at radius 2 is 1.97 bits per heavy atom. The van der Waals surface area contributed by atoms with Crippen LogP contribution in [0.15, 0.2) is 60.9 Å². The number of ether oxygens (including phenoxy) is 1. The number of rotatable bonds is 5. The highest BCUT2D eigenvalue weighted by Gasteiger charge is 2.45. The number of methoxy groups -OCH3 is 1. The third kappa shape index (κ3) is 3.33. The standard InChI is InChI=1S/C24H22N6O2/c1-32-24(31)16-5-2-4-15(10-16)19-12-20(23-25-8-9-30(23)28-19)26-21-6-3-7-22(27-21)29-13-17-11-18(17)14-29/h2-10,12,17-18H,11,13-14H2,1H3,(H,26,27). The molecule has 0 amide bonds. The van der Waals surface area contributed by atoms with Crippen LogP contribution in [0.1, 0.15) is 16.8 Å². The number of esters is 1. The summed E-state index contributed by atoms with van der Waals surface area (Å²) in [5.74, 6) is 3.08. The van der Waals surface area contributed by atoms with Crippen molar-refractivity contribution in [3.8, 4) is 11.3 Å². The molecule has 1 aliphatic heterocycles. The topological polar surface area (TPSA) is 84.6 Å². The van der Waals surface area contributed by atoms with Crippen LogP contribution in [0, 0.1) is 11.8 Å². The number of piperidine rings is 1. The number of benzene rings is 1. The maximum Gasteiger partial charge on any atom is 0.337 e. The number of pyridine rings is 1. The zero-order chi connectivity index (χ0) is 21.7. The average Bonchev–Trinajstić information content (AvgIpc) is 3.21. The van der Waals surface area contributed by atoms with Gasteiger partial charge in [0.05, 0.1) is 24.1 Å². The number of imidazole rings is 1. The summed E-state index contributed by atoms with van der Waals surface area (Å²) in [6, 6.07) is 15.2. The van der Waals surface area contributed by atoms with Gasteiger partial charge < -0.3 is 15.0 Å². The van der Waals surface area contributed by atoms with Crippen LogP contribution in [0.25, 0.3) is 16.9 Å². The molecule has 1 saturated heterocycles. The third-order valence-electron chi connectivity index (χ3n) is 6.24. The van der Waals surface area contributed by atoms with Gasteiger partial charge in [0, 0.05) is 31.0 Å².